The molecule has 0 aliphatic heterocycles. The highest BCUT2D eigenvalue weighted by Crippen LogP contribution is 2.25. The van der Waals surface area contributed by atoms with Crippen molar-refractivity contribution in [1.29, 1.82) is 5.26 Å². The minimum atomic E-state index is -1.22. The van der Waals surface area contributed by atoms with E-state index < -0.39 is 29.6 Å². The van der Waals surface area contributed by atoms with Crippen molar-refractivity contribution >= 4 is 5.78 Å². The van der Waals surface area contributed by atoms with Gasteiger partial charge in [0, 0.05) is 0 Å². The Kier molecular flexibility index (Phi) is 3.34. The van der Waals surface area contributed by atoms with Crippen LogP contribution in [0, 0.1) is 23.0 Å². The molecule has 0 fully saturated rings. The first-order chi connectivity index (χ1) is 7.11. The standard InChI is InChI=1S/C10H7F2NO2/c1-15-10-6(8(14)4-5-13)2-3-7(11)9(10)12/h2-3H,4H2,1H3. The highest BCUT2D eigenvalue weighted by atomic mass is 19.2. The molecule has 0 atom stereocenters. The topological polar surface area (TPSA) is 50.1 Å². The van der Waals surface area contributed by atoms with E-state index in [0.29, 0.717) is 0 Å². The van der Waals surface area contributed by atoms with Crippen molar-refractivity contribution in [1.82, 2.24) is 0 Å². The van der Waals surface area contributed by atoms with Gasteiger partial charge in [-0.3, -0.25) is 4.79 Å². The fourth-order valence-corrected chi connectivity index (χ4v) is 1.12. The number of methoxy groups -OCH3 is 1. The second-order valence-electron chi connectivity index (χ2n) is 2.70. The van der Waals surface area contributed by atoms with E-state index in [1.807, 2.05) is 0 Å². The molecular formula is C10H7F2NO2. The van der Waals surface area contributed by atoms with Gasteiger partial charge in [-0.05, 0) is 12.1 Å². The number of carbonyl (C=O) groups is 1. The molecule has 0 N–H and O–H groups in total. The van der Waals surface area contributed by atoms with Crippen LogP contribution in [-0.4, -0.2) is 12.9 Å². The predicted octanol–water partition coefficient (Wildman–Crippen LogP) is 2.07. The third-order valence-electron chi connectivity index (χ3n) is 1.79. The largest absolute Gasteiger partial charge is 0.493 e. The average molecular weight is 211 g/mol. The molecule has 1 rings (SSSR count). The number of nitriles is 1. The third kappa shape index (κ3) is 2.10. The van der Waals surface area contributed by atoms with E-state index in [0.717, 1.165) is 19.2 Å². The molecular weight excluding hydrogens is 204 g/mol. The first-order valence-corrected chi connectivity index (χ1v) is 4.04. The summed E-state index contributed by atoms with van der Waals surface area (Å²) in [6, 6.07) is 3.55. The lowest BCUT2D eigenvalue weighted by molar-refractivity contribution is 0.0994. The zero-order valence-electron chi connectivity index (χ0n) is 7.88. The molecule has 0 spiro atoms. The maximum Gasteiger partial charge on any atom is 0.201 e. The summed E-state index contributed by atoms with van der Waals surface area (Å²) in [5.74, 6) is -3.38. The van der Waals surface area contributed by atoms with Gasteiger partial charge in [0.1, 0.15) is 0 Å². The van der Waals surface area contributed by atoms with Gasteiger partial charge in [0.25, 0.3) is 0 Å². The zero-order chi connectivity index (χ0) is 11.4. The highest BCUT2D eigenvalue weighted by molar-refractivity contribution is 5.99. The number of ether oxygens (including phenoxy) is 1. The molecule has 0 saturated carbocycles. The van der Waals surface area contributed by atoms with E-state index in [4.69, 9.17) is 5.26 Å². The van der Waals surface area contributed by atoms with Crippen LogP contribution in [0.25, 0.3) is 0 Å². The Balaban J connectivity index is 3.26. The van der Waals surface area contributed by atoms with Crippen molar-refractivity contribution < 1.29 is 18.3 Å². The molecule has 0 radical (unpaired) electrons. The Morgan fingerprint density at radius 3 is 2.73 bits per heavy atom. The molecule has 0 heterocycles. The maximum absolute atomic E-state index is 13.1. The lowest BCUT2D eigenvalue weighted by Gasteiger charge is -2.07. The molecule has 1 aromatic rings. The van der Waals surface area contributed by atoms with Gasteiger partial charge in [0.2, 0.25) is 5.82 Å². The van der Waals surface area contributed by atoms with Gasteiger partial charge >= 0.3 is 0 Å². The summed E-state index contributed by atoms with van der Waals surface area (Å²) in [5.41, 5.74) is -0.127. The quantitative estimate of drug-likeness (QED) is 0.719. The first kappa shape index (κ1) is 11.1. The Labute approximate surface area is 84.9 Å². The second-order valence-corrected chi connectivity index (χ2v) is 2.70. The molecule has 15 heavy (non-hydrogen) atoms. The third-order valence-corrected chi connectivity index (χ3v) is 1.79. The van der Waals surface area contributed by atoms with Crippen LogP contribution in [0.4, 0.5) is 8.78 Å². The van der Waals surface area contributed by atoms with Crippen LogP contribution >= 0.6 is 0 Å². The molecule has 3 nitrogen and oxygen atoms in total. The number of benzene rings is 1. The van der Waals surface area contributed by atoms with E-state index in [1.54, 1.807) is 6.07 Å². The SMILES string of the molecule is COc1c(C(=O)CC#N)ccc(F)c1F. The summed E-state index contributed by atoms with van der Waals surface area (Å²) in [5, 5.41) is 8.31. The van der Waals surface area contributed by atoms with Gasteiger partial charge in [0.05, 0.1) is 25.2 Å². The number of rotatable bonds is 3. The van der Waals surface area contributed by atoms with E-state index in [-0.39, 0.29) is 5.56 Å². The van der Waals surface area contributed by atoms with Crippen molar-refractivity contribution in [3.8, 4) is 11.8 Å². The molecule has 0 bridgehead atoms. The van der Waals surface area contributed by atoms with Gasteiger partial charge < -0.3 is 4.74 Å². The lowest BCUT2D eigenvalue weighted by Crippen LogP contribution is -2.04. The van der Waals surface area contributed by atoms with Crippen LogP contribution in [0.1, 0.15) is 16.8 Å². The molecule has 0 amide bonds. The van der Waals surface area contributed by atoms with Crippen molar-refractivity contribution in [3.63, 3.8) is 0 Å². The number of hydrogen-bond acceptors (Lipinski definition) is 3. The monoisotopic (exact) mass is 211 g/mol. The van der Waals surface area contributed by atoms with E-state index in [2.05, 4.69) is 4.74 Å². The summed E-state index contributed by atoms with van der Waals surface area (Å²) in [6.45, 7) is 0. The number of hydrogen-bond donors (Lipinski definition) is 0. The fraction of sp³-hybridized carbons (Fsp3) is 0.200. The molecule has 0 aliphatic carbocycles. The van der Waals surface area contributed by atoms with Crippen LogP contribution in [0.3, 0.4) is 0 Å². The van der Waals surface area contributed by atoms with Crippen molar-refractivity contribution in [3.05, 3.63) is 29.3 Å². The minimum Gasteiger partial charge on any atom is -0.493 e. The smallest absolute Gasteiger partial charge is 0.201 e. The molecule has 0 aliphatic rings. The number of halogens is 2. The molecule has 78 valence electrons. The average Bonchev–Trinajstić information content (AvgIpc) is 2.22. The number of nitrogens with zero attached hydrogens (tertiary/aromatic N) is 1. The molecule has 0 unspecified atom stereocenters. The van der Waals surface area contributed by atoms with Gasteiger partial charge in [-0.1, -0.05) is 0 Å². The van der Waals surface area contributed by atoms with Crippen molar-refractivity contribution in [2.45, 2.75) is 6.42 Å². The number of ketones is 1. The summed E-state index contributed by atoms with van der Waals surface area (Å²) in [4.78, 5) is 11.3. The van der Waals surface area contributed by atoms with Crippen LogP contribution in [0.15, 0.2) is 12.1 Å². The van der Waals surface area contributed by atoms with Gasteiger partial charge in [-0.25, -0.2) is 4.39 Å². The predicted molar refractivity (Wildman–Crippen MR) is 47.5 cm³/mol. The van der Waals surface area contributed by atoms with E-state index >= 15 is 0 Å². The zero-order valence-corrected chi connectivity index (χ0v) is 7.88. The Bertz CT molecular complexity index is 438. The van der Waals surface area contributed by atoms with Crippen molar-refractivity contribution in [2.24, 2.45) is 0 Å². The Morgan fingerprint density at radius 2 is 2.20 bits per heavy atom. The summed E-state index contributed by atoms with van der Waals surface area (Å²) in [6.07, 6.45) is -0.401. The fourth-order valence-electron chi connectivity index (χ4n) is 1.12. The van der Waals surface area contributed by atoms with Gasteiger partial charge in [-0.15, -0.1) is 0 Å². The van der Waals surface area contributed by atoms with E-state index in [1.165, 1.54) is 0 Å². The maximum atomic E-state index is 13.1. The highest BCUT2D eigenvalue weighted by Gasteiger charge is 2.18. The lowest BCUT2D eigenvalue weighted by atomic mass is 10.1. The summed E-state index contributed by atoms with van der Waals surface area (Å²) >= 11 is 0. The second kappa shape index (κ2) is 4.51. The van der Waals surface area contributed by atoms with Gasteiger partial charge in [-0.2, -0.15) is 9.65 Å². The summed E-state index contributed by atoms with van der Waals surface area (Å²) < 4.78 is 30.5. The minimum absolute atomic E-state index is 0.127. The molecule has 5 heteroatoms. The Hall–Kier alpha value is -1.96. The number of carbonyl (C=O) groups excluding carboxylic acids is 1. The van der Waals surface area contributed by atoms with Crippen LogP contribution in [0.5, 0.6) is 5.75 Å². The molecule has 0 aromatic heterocycles. The van der Waals surface area contributed by atoms with E-state index in [9.17, 15) is 13.6 Å². The van der Waals surface area contributed by atoms with Gasteiger partial charge in [0.15, 0.2) is 17.3 Å². The van der Waals surface area contributed by atoms with Crippen LogP contribution < -0.4 is 4.74 Å². The Morgan fingerprint density at radius 1 is 1.53 bits per heavy atom. The number of Topliss-reactive ketones (excluding diaryl/α,β-unsaturated/α-hetero) is 1. The first-order valence-electron chi connectivity index (χ1n) is 4.04. The molecule has 1 aromatic carbocycles. The van der Waals surface area contributed by atoms with Crippen LogP contribution in [0.2, 0.25) is 0 Å². The summed E-state index contributed by atoms with van der Waals surface area (Å²) in [7, 11) is 1.13. The normalized spacial score (nSPS) is 9.47. The van der Waals surface area contributed by atoms with Crippen LogP contribution in [-0.2, 0) is 0 Å². The van der Waals surface area contributed by atoms with Crippen molar-refractivity contribution in [2.75, 3.05) is 7.11 Å². The molecule has 0 saturated heterocycles.